The molecule has 2 aromatic carbocycles. The van der Waals surface area contributed by atoms with Crippen LogP contribution in [-0.2, 0) is 6.42 Å². The Morgan fingerprint density at radius 3 is 2.39 bits per heavy atom. The zero-order chi connectivity index (χ0) is 13.3. The van der Waals surface area contributed by atoms with Gasteiger partial charge in [-0.1, -0.05) is 36.7 Å². The lowest BCUT2D eigenvalue weighted by Gasteiger charge is -2.11. The molecule has 0 atom stereocenters. The van der Waals surface area contributed by atoms with Crippen molar-refractivity contribution in [2.45, 2.75) is 27.2 Å². The van der Waals surface area contributed by atoms with Gasteiger partial charge in [0.15, 0.2) is 0 Å². The van der Waals surface area contributed by atoms with E-state index in [-0.39, 0.29) is 5.82 Å². The van der Waals surface area contributed by atoms with Crippen molar-refractivity contribution in [3.8, 4) is 11.1 Å². The van der Waals surface area contributed by atoms with Crippen molar-refractivity contribution in [1.82, 2.24) is 0 Å². The van der Waals surface area contributed by atoms with Gasteiger partial charge in [0.2, 0.25) is 0 Å². The predicted octanol–water partition coefficient (Wildman–Crippen LogP) is 5.33. The lowest BCUT2D eigenvalue weighted by Crippen LogP contribution is -1.91. The van der Waals surface area contributed by atoms with E-state index >= 15 is 0 Å². The van der Waals surface area contributed by atoms with Crippen LogP contribution in [0.25, 0.3) is 11.1 Å². The summed E-state index contributed by atoms with van der Waals surface area (Å²) in [5.74, 6) is -0.178. The zero-order valence-corrected chi connectivity index (χ0v) is 11.6. The van der Waals surface area contributed by atoms with Crippen molar-refractivity contribution in [3.63, 3.8) is 0 Å². The molecule has 0 spiro atoms. The van der Waals surface area contributed by atoms with E-state index in [1.807, 2.05) is 19.1 Å². The molecule has 0 fully saturated rings. The van der Waals surface area contributed by atoms with Crippen LogP contribution >= 0.6 is 11.6 Å². The molecule has 2 rings (SSSR count). The topological polar surface area (TPSA) is 0 Å². The molecule has 0 aliphatic carbocycles. The van der Waals surface area contributed by atoms with E-state index in [0.29, 0.717) is 5.56 Å². The van der Waals surface area contributed by atoms with Gasteiger partial charge >= 0.3 is 0 Å². The number of rotatable bonds is 2. The van der Waals surface area contributed by atoms with Crippen LogP contribution in [-0.4, -0.2) is 0 Å². The van der Waals surface area contributed by atoms with E-state index in [1.165, 1.54) is 0 Å². The smallest absolute Gasteiger partial charge is 0.126 e. The predicted molar refractivity (Wildman–Crippen MR) is 75.7 cm³/mol. The quantitative estimate of drug-likeness (QED) is 0.687. The zero-order valence-electron chi connectivity index (χ0n) is 10.8. The summed E-state index contributed by atoms with van der Waals surface area (Å²) in [5.41, 5.74) is 4.79. The Balaban J connectivity index is 2.57. The number of halogens is 2. The summed E-state index contributed by atoms with van der Waals surface area (Å²) in [6.45, 7) is 5.87. The molecule has 0 heterocycles. The number of benzene rings is 2. The number of aryl methyl sites for hydroxylation is 3. The molecular formula is C16H16ClF. The Morgan fingerprint density at radius 1 is 1.06 bits per heavy atom. The molecule has 0 radical (unpaired) electrons. The minimum atomic E-state index is -0.178. The molecule has 0 aliphatic rings. The summed E-state index contributed by atoms with van der Waals surface area (Å²) in [7, 11) is 0. The van der Waals surface area contributed by atoms with Crippen LogP contribution in [0.2, 0.25) is 5.02 Å². The largest absolute Gasteiger partial charge is 0.207 e. The number of hydrogen-bond acceptors (Lipinski definition) is 0. The van der Waals surface area contributed by atoms with Gasteiger partial charge in [-0.15, -0.1) is 0 Å². The third-order valence-electron chi connectivity index (χ3n) is 3.26. The third-order valence-corrected chi connectivity index (χ3v) is 3.61. The molecule has 0 saturated carbocycles. The summed E-state index contributed by atoms with van der Waals surface area (Å²) >= 11 is 6.23. The fourth-order valence-electron chi connectivity index (χ4n) is 2.08. The Labute approximate surface area is 112 Å². The van der Waals surface area contributed by atoms with Crippen molar-refractivity contribution < 1.29 is 4.39 Å². The van der Waals surface area contributed by atoms with Gasteiger partial charge in [0, 0.05) is 5.02 Å². The van der Waals surface area contributed by atoms with Crippen LogP contribution in [0.3, 0.4) is 0 Å². The van der Waals surface area contributed by atoms with E-state index in [0.717, 1.165) is 33.7 Å². The van der Waals surface area contributed by atoms with Gasteiger partial charge in [0.1, 0.15) is 5.82 Å². The lowest BCUT2D eigenvalue weighted by atomic mass is 9.97. The highest BCUT2D eigenvalue weighted by molar-refractivity contribution is 6.31. The maximum absolute atomic E-state index is 13.6. The summed E-state index contributed by atoms with van der Waals surface area (Å²) in [6.07, 6.45) is 0.905. The van der Waals surface area contributed by atoms with E-state index in [4.69, 9.17) is 11.6 Å². The van der Waals surface area contributed by atoms with Crippen LogP contribution in [0, 0.1) is 19.7 Å². The molecular weight excluding hydrogens is 247 g/mol. The monoisotopic (exact) mass is 262 g/mol. The van der Waals surface area contributed by atoms with Gasteiger partial charge in [-0.05, 0) is 60.2 Å². The van der Waals surface area contributed by atoms with Crippen LogP contribution in [0.5, 0.6) is 0 Å². The lowest BCUT2D eigenvalue weighted by molar-refractivity contribution is 0.619. The molecule has 18 heavy (non-hydrogen) atoms. The van der Waals surface area contributed by atoms with Crippen molar-refractivity contribution >= 4 is 11.6 Å². The van der Waals surface area contributed by atoms with Gasteiger partial charge in [0.05, 0.1) is 0 Å². The molecule has 0 amide bonds. The molecule has 0 nitrogen and oxygen atoms in total. The SMILES string of the molecule is CCc1cc(C)c(-c2ccc(C)c(F)c2)cc1Cl. The summed E-state index contributed by atoms with van der Waals surface area (Å²) in [4.78, 5) is 0. The highest BCUT2D eigenvalue weighted by atomic mass is 35.5. The van der Waals surface area contributed by atoms with Crippen LogP contribution in [0.15, 0.2) is 30.3 Å². The second-order valence-corrected chi connectivity index (χ2v) is 4.98. The standard InChI is InChI=1S/C16H16ClF/c1-4-12-7-11(3)14(9-15(12)17)13-6-5-10(2)16(18)8-13/h5-9H,4H2,1-3H3. The van der Waals surface area contributed by atoms with Crippen molar-refractivity contribution in [3.05, 3.63) is 57.9 Å². The Kier molecular flexibility index (Phi) is 3.72. The molecule has 0 saturated heterocycles. The minimum Gasteiger partial charge on any atom is -0.207 e. The Hall–Kier alpha value is -1.34. The second-order valence-electron chi connectivity index (χ2n) is 4.58. The van der Waals surface area contributed by atoms with Crippen molar-refractivity contribution in [2.24, 2.45) is 0 Å². The first-order chi connectivity index (χ1) is 8.52. The van der Waals surface area contributed by atoms with Crippen LogP contribution < -0.4 is 0 Å². The fourth-order valence-corrected chi connectivity index (χ4v) is 2.38. The average molecular weight is 263 g/mol. The molecule has 0 aromatic heterocycles. The van der Waals surface area contributed by atoms with E-state index in [1.54, 1.807) is 19.1 Å². The molecule has 2 heteroatoms. The highest BCUT2D eigenvalue weighted by Gasteiger charge is 2.08. The van der Waals surface area contributed by atoms with Crippen LogP contribution in [0.1, 0.15) is 23.6 Å². The maximum atomic E-state index is 13.6. The Bertz CT molecular complexity index is 588. The van der Waals surface area contributed by atoms with Crippen molar-refractivity contribution in [1.29, 1.82) is 0 Å². The van der Waals surface area contributed by atoms with Crippen molar-refractivity contribution in [2.75, 3.05) is 0 Å². The minimum absolute atomic E-state index is 0.178. The van der Waals surface area contributed by atoms with Crippen LogP contribution in [0.4, 0.5) is 4.39 Å². The third kappa shape index (κ3) is 2.41. The molecule has 0 bridgehead atoms. The van der Waals surface area contributed by atoms with E-state index in [9.17, 15) is 4.39 Å². The second kappa shape index (κ2) is 5.11. The van der Waals surface area contributed by atoms with Gasteiger partial charge in [-0.3, -0.25) is 0 Å². The van der Waals surface area contributed by atoms with Gasteiger partial charge in [-0.2, -0.15) is 0 Å². The molecule has 0 unspecified atom stereocenters. The van der Waals surface area contributed by atoms with E-state index < -0.39 is 0 Å². The molecule has 0 aliphatic heterocycles. The first kappa shape index (κ1) is 13.1. The van der Waals surface area contributed by atoms with Gasteiger partial charge in [-0.25, -0.2) is 4.39 Å². The van der Waals surface area contributed by atoms with Gasteiger partial charge < -0.3 is 0 Å². The average Bonchev–Trinajstić information content (AvgIpc) is 2.35. The molecule has 94 valence electrons. The molecule has 0 N–H and O–H groups in total. The van der Waals surface area contributed by atoms with E-state index in [2.05, 4.69) is 13.0 Å². The Morgan fingerprint density at radius 2 is 1.78 bits per heavy atom. The highest BCUT2D eigenvalue weighted by Crippen LogP contribution is 2.30. The molecule has 2 aromatic rings. The normalized spacial score (nSPS) is 10.7. The first-order valence-corrected chi connectivity index (χ1v) is 6.46. The van der Waals surface area contributed by atoms with Gasteiger partial charge in [0.25, 0.3) is 0 Å². The number of hydrogen-bond donors (Lipinski definition) is 0. The fraction of sp³-hybridized carbons (Fsp3) is 0.250. The maximum Gasteiger partial charge on any atom is 0.126 e. The first-order valence-electron chi connectivity index (χ1n) is 6.08. The summed E-state index contributed by atoms with van der Waals surface area (Å²) < 4.78 is 13.6. The summed E-state index contributed by atoms with van der Waals surface area (Å²) in [5, 5.41) is 0.749. The summed E-state index contributed by atoms with van der Waals surface area (Å²) in [6, 6.07) is 9.31.